The third kappa shape index (κ3) is 3.93. The lowest BCUT2D eigenvalue weighted by Crippen LogP contribution is -2.41. The zero-order chi connectivity index (χ0) is 17.7. The van der Waals surface area contributed by atoms with Crippen LogP contribution >= 0.6 is 0 Å². The Kier molecular flexibility index (Phi) is 5.94. The fourth-order valence-corrected chi connectivity index (χ4v) is 3.20. The van der Waals surface area contributed by atoms with Gasteiger partial charge in [-0.3, -0.25) is 9.59 Å². The van der Waals surface area contributed by atoms with E-state index in [0.717, 1.165) is 0 Å². The Morgan fingerprint density at radius 3 is 2.75 bits per heavy atom. The monoisotopic (exact) mass is 337 g/mol. The number of carboxylic acid groups (broad SMARTS) is 1. The molecule has 1 saturated heterocycles. The van der Waals surface area contributed by atoms with Crippen LogP contribution in [0.5, 0.6) is 0 Å². The number of hydrogen-bond acceptors (Lipinski definition) is 3. The number of carbonyl (C=O) groups excluding carboxylic acids is 1. The third-order valence-electron chi connectivity index (χ3n) is 4.77. The van der Waals surface area contributed by atoms with E-state index in [1.54, 1.807) is 30.0 Å². The molecule has 0 bridgehead atoms. The van der Waals surface area contributed by atoms with Crippen LogP contribution in [0.2, 0.25) is 0 Å². The van der Waals surface area contributed by atoms with Crippen LogP contribution in [-0.2, 0) is 20.7 Å². The number of halogens is 1. The number of carbonyl (C=O) groups is 2. The van der Waals surface area contributed by atoms with E-state index in [-0.39, 0.29) is 30.8 Å². The molecule has 0 spiro atoms. The number of methoxy groups -OCH3 is 1. The molecule has 1 aromatic rings. The molecule has 0 saturated carbocycles. The van der Waals surface area contributed by atoms with Crippen LogP contribution in [0.1, 0.15) is 25.3 Å². The maximum atomic E-state index is 13.6. The first-order chi connectivity index (χ1) is 11.4. The van der Waals surface area contributed by atoms with Gasteiger partial charge in [0, 0.05) is 26.1 Å². The molecule has 1 heterocycles. The van der Waals surface area contributed by atoms with Crippen LogP contribution in [0.25, 0.3) is 0 Å². The van der Waals surface area contributed by atoms with Crippen molar-refractivity contribution in [2.45, 2.75) is 26.2 Å². The fourth-order valence-electron chi connectivity index (χ4n) is 3.20. The van der Waals surface area contributed by atoms with Crippen molar-refractivity contribution in [2.24, 2.45) is 11.3 Å². The Balaban J connectivity index is 1.94. The van der Waals surface area contributed by atoms with Crippen LogP contribution in [0.4, 0.5) is 4.39 Å². The summed E-state index contributed by atoms with van der Waals surface area (Å²) in [6, 6.07) is 6.54. The van der Waals surface area contributed by atoms with Crippen LogP contribution in [0, 0.1) is 17.2 Å². The van der Waals surface area contributed by atoms with E-state index in [0.29, 0.717) is 31.4 Å². The van der Waals surface area contributed by atoms with Crippen LogP contribution in [0.15, 0.2) is 24.3 Å². The summed E-state index contributed by atoms with van der Waals surface area (Å²) < 4.78 is 18.7. The molecule has 0 aliphatic carbocycles. The Morgan fingerprint density at radius 1 is 1.42 bits per heavy atom. The smallest absolute Gasteiger partial charge is 0.313 e. The summed E-state index contributed by atoms with van der Waals surface area (Å²) in [5.74, 6) is -1.55. The van der Waals surface area contributed by atoms with Crippen molar-refractivity contribution in [1.29, 1.82) is 0 Å². The van der Waals surface area contributed by atoms with Crippen molar-refractivity contribution in [3.63, 3.8) is 0 Å². The summed E-state index contributed by atoms with van der Waals surface area (Å²) in [5.41, 5.74) is -0.423. The zero-order valence-corrected chi connectivity index (χ0v) is 14.1. The molecular formula is C18H24FNO4. The highest BCUT2D eigenvalue weighted by Gasteiger charge is 2.46. The molecule has 5 nitrogen and oxygen atoms in total. The molecule has 1 N–H and O–H groups in total. The first-order valence-corrected chi connectivity index (χ1v) is 8.14. The summed E-state index contributed by atoms with van der Waals surface area (Å²) >= 11 is 0. The molecule has 1 aliphatic rings. The Hall–Kier alpha value is -1.95. The summed E-state index contributed by atoms with van der Waals surface area (Å²) in [7, 11) is 1.46. The average Bonchev–Trinajstić information content (AvgIpc) is 2.99. The van der Waals surface area contributed by atoms with Gasteiger partial charge in [-0.1, -0.05) is 25.1 Å². The Morgan fingerprint density at radius 2 is 2.12 bits per heavy atom. The van der Waals surface area contributed by atoms with Crippen molar-refractivity contribution in [2.75, 3.05) is 26.8 Å². The Bertz CT molecular complexity index is 606. The number of carboxylic acids is 1. The standard InChI is InChI=1S/C18H24FNO4/c1-13(7-8-14-5-3-4-6-15(14)19)16(21)20-10-9-18(11-20,12-24-2)17(22)23/h3-6,13H,7-12H2,1-2H3,(H,22,23). The molecule has 6 heteroatoms. The van der Waals surface area contributed by atoms with Gasteiger partial charge in [0.15, 0.2) is 0 Å². The Labute approximate surface area is 141 Å². The first-order valence-electron chi connectivity index (χ1n) is 8.14. The van der Waals surface area contributed by atoms with Crippen molar-refractivity contribution < 1.29 is 23.8 Å². The van der Waals surface area contributed by atoms with Gasteiger partial charge in [-0.05, 0) is 30.9 Å². The molecule has 2 unspecified atom stereocenters. The van der Waals surface area contributed by atoms with Crippen molar-refractivity contribution in [3.8, 4) is 0 Å². The molecule has 132 valence electrons. The van der Waals surface area contributed by atoms with Gasteiger partial charge in [-0.25, -0.2) is 4.39 Å². The van der Waals surface area contributed by atoms with E-state index in [1.807, 2.05) is 0 Å². The molecule has 1 aromatic carbocycles. The number of hydrogen-bond donors (Lipinski definition) is 1. The normalized spacial score (nSPS) is 21.7. The number of amides is 1. The summed E-state index contributed by atoms with van der Waals surface area (Å²) in [5, 5.41) is 9.46. The molecule has 0 aromatic heterocycles. The minimum absolute atomic E-state index is 0.0782. The molecular weight excluding hydrogens is 313 g/mol. The fraction of sp³-hybridized carbons (Fsp3) is 0.556. The lowest BCUT2D eigenvalue weighted by Gasteiger charge is -2.25. The van der Waals surface area contributed by atoms with E-state index in [2.05, 4.69) is 0 Å². The second-order valence-electron chi connectivity index (χ2n) is 6.56. The van der Waals surface area contributed by atoms with Gasteiger partial charge >= 0.3 is 5.97 Å². The highest BCUT2D eigenvalue weighted by Crippen LogP contribution is 2.32. The average molecular weight is 337 g/mol. The predicted octanol–water partition coefficient (Wildman–Crippen LogP) is 2.34. The lowest BCUT2D eigenvalue weighted by molar-refractivity contribution is -0.151. The number of rotatable bonds is 7. The van der Waals surface area contributed by atoms with Gasteiger partial charge < -0.3 is 14.7 Å². The number of ether oxygens (including phenoxy) is 1. The molecule has 2 atom stereocenters. The molecule has 1 aliphatic heterocycles. The van der Waals surface area contributed by atoms with E-state index in [4.69, 9.17) is 4.74 Å². The maximum Gasteiger partial charge on any atom is 0.313 e. The topological polar surface area (TPSA) is 66.8 Å². The van der Waals surface area contributed by atoms with Gasteiger partial charge in [0.25, 0.3) is 0 Å². The van der Waals surface area contributed by atoms with Crippen molar-refractivity contribution in [1.82, 2.24) is 4.90 Å². The van der Waals surface area contributed by atoms with Gasteiger partial charge in [-0.15, -0.1) is 0 Å². The van der Waals surface area contributed by atoms with Gasteiger partial charge in [0.1, 0.15) is 11.2 Å². The third-order valence-corrected chi connectivity index (χ3v) is 4.77. The molecule has 1 fully saturated rings. The lowest BCUT2D eigenvalue weighted by atomic mass is 9.88. The second-order valence-corrected chi connectivity index (χ2v) is 6.56. The summed E-state index contributed by atoms with van der Waals surface area (Å²) in [6.45, 7) is 2.48. The number of nitrogens with zero attached hydrogens (tertiary/aromatic N) is 1. The maximum absolute atomic E-state index is 13.6. The van der Waals surface area contributed by atoms with E-state index in [1.165, 1.54) is 13.2 Å². The molecule has 24 heavy (non-hydrogen) atoms. The number of likely N-dealkylation sites (tertiary alicyclic amines) is 1. The number of benzene rings is 1. The molecule has 1 amide bonds. The van der Waals surface area contributed by atoms with Crippen LogP contribution in [0.3, 0.4) is 0 Å². The van der Waals surface area contributed by atoms with Crippen molar-refractivity contribution >= 4 is 11.9 Å². The van der Waals surface area contributed by atoms with E-state index in [9.17, 15) is 19.1 Å². The minimum atomic E-state index is -1.02. The van der Waals surface area contributed by atoms with Crippen LogP contribution in [-0.4, -0.2) is 48.7 Å². The summed E-state index contributed by atoms with van der Waals surface area (Å²) in [6.07, 6.45) is 1.40. The first kappa shape index (κ1) is 18.4. The van der Waals surface area contributed by atoms with E-state index < -0.39 is 11.4 Å². The minimum Gasteiger partial charge on any atom is -0.481 e. The molecule has 0 radical (unpaired) electrons. The van der Waals surface area contributed by atoms with Gasteiger partial charge in [-0.2, -0.15) is 0 Å². The largest absolute Gasteiger partial charge is 0.481 e. The number of aryl methyl sites for hydroxylation is 1. The molecule has 2 rings (SSSR count). The van der Waals surface area contributed by atoms with Crippen molar-refractivity contribution in [3.05, 3.63) is 35.6 Å². The predicted molar refractivity (Wildman–Crippen MR) is 87.0 cm³/mol. The summed E-state index contributed by atoms with van der Waals surface area (Å²) in [4.78, 5) is 25.7. The SMILES string of the molecule is COCC1(C(=O)O)CCN(C(=O)C(C)CCc2ccccc2F)C1. The van der Waals surface area contributed by atoms with Crippen LogP contribution < -0.4 is 0 Å². The van der Waals surface area contributed by atoms with Gasteiger partial charge in [0.05, 0.1) is 6.61 Å². The highest BCUT2D eigenvalue weighted by atomic mass is 19.1. The quantitative estimate of drug-likeness (QED) is 0.829. The highest BCUT2D eigenvalue weighted by molar-refractivity contribution is 5.82. The zero-order valence-electron chi connectivity index (χ0n) is 14.1. The second kappa shape index (κ2) is 7.75. The number of aliphatic carboxylic acids is 1. The van der Waals surface area contributed by atoms with E-state index >= 15 is 0 Å². The van der Waals surface area contributed by atoms with Gasteiger partial charge in [0.2, 0.25) is 5.91 Å².